The third kappa shape index (κ3) is 3.46. The quantitative estimate of drug-likeness (QED) is 0.791. The molecule has 0 aliphatic carbocycles. The molecule has 0 N–H and O–H groups in total. The third-order valence-corrected chi connectivity index (χ3v) is 3.25. The molecule has 0 unspecified atom stereocenters. The van der Waals surface area contributed by atoms with Gasteiger partial charge >= 0.3 is 11.9 Å². The van der Waals surface area contributed by atoms with Gasteiger partial charge in [-0.15, -0.1) is 0 Å². The van der Waals surface area contributed by atoms with Crippen LogP contribution in [0.2, 0.25) is 5.02 Å². The van der Waals surface area contributed by atoms with Crippen LogP contribution < -0.4 is 0 Å². The van der Waals surface area contributed by atoms with Crippen LogP contribution in [0.3, 0.4) is 0 Å². The number of hydrogen-bond acceptors (Lipinski definition) is 4. The van der Waals surface area contributed by atoms with Crippen LogP contribution in [0.25, 0.3) is 0 Å². The summed E-state index contributed by atoms with van der Waals surface area (Å²) in [5.74, 6) is -1.19. The molecule has 0 aromatic heterocycles. The van der Waals surface area contributed by atoms with Gasteiger partial charge in [0.25, 0.3) is 0 Å². The summed E-state index contributed by atoms with van der Waals surface area (Å²) in [5, 5.41) is 0.325. The van der Waals surface area contributed by atoms with E-state index in [-0.39, 0.29) is 24.3 Å². The van der Waals surface area contributed by atoms with E-state index in [2.05, 4.69) is 15.9 Å². The molecule has 0 amide bonds. The van der Waals surface area contributed by atoms with Crippen LogP contribution in [0, 0.1) is 0 Å². The average Bonchev–Trinajstić information content (AvgIpc) is 2.32. The van der Waals surface area contributed by atoms with Gasteiger partial charge in [-0.05, 0) is 41.9 Å². The van der Waals surface area contributed by atoms with Gasteiger partial charge in [-0.25, -0.2) is 9.59 Å². The van der Waals surface area contributed by atoms with Crippen LogP contribution in [-0.2, 0) is 9.47 Å². The Balaban J connectivity index is 3.25. The first kappa shape index (κ1) is 15.0. The summed E-state index contributed by atoms with van der Waals surface area (Å²) in [5.41, 5.74) is 0.232. The molecule has 0 spiro atoms. The van der Waals surface area contributed by atoms with E-state index in [0.717, 1.165) is 0 Å². The van der Waals surface area contributed by atoms with Crippen LogP contribution >= 0.6 is 27.5 Å². The second-order valence-corrected chi connectivity index (χ2v) is 4.51. The van der Waals surface area contributed by atoms with Crippen LogP contribution in [0.15, 0.2) is 16.6 Å². The molecule has 1 rings (SSSR count). The van der Waals surface area contributed by atoms with Gasteiger partial charge in [0, 0.05) is 4.47 Å². The van der Waals surface area contributed by atoms with Crippen molar-refractivity contribution in [3.63, 3.8) is 0 Å². The van der Waals surface area contributed by atoms with Crippen molar-refractivity contribution >= 4 is 39.5 Å². The zero-order chi connectivity index (χ0) is 13.7. The summed E-state index contributed by atoms with van der Waals surface area (Å²) in [6.45, 7) is 3.81. The van der Waals surface area contributed by atoms with E-state index in [0.29, 0.717) is 9.50 Å². The topological polar surface area (TPSA) is 52.6 Å². The molecule has 0 atom stereocenters. The van der Waals surface area contributed by atoms with E-state index in [9.17, 15) is 9.59 Å². The highest BCUT2D eigenvalue weighted by atomic mass is 79.9. The number of ether oxygens (including phenoxy) is 2. The number of benzene rings is 1. The van der Waals surface area contributed by atoms with Gasteiger partial charge < -0.3 is 9.47 Å². The Bertz CT molecular complexity index is 430. The lowest BCUT2D eigenvalue weighted by molar-refractivity contribution is 0.0479. The van der Waals surface area contributed by atoms with Gasteiger partial charge in [-0.1, -0.05) is 11.6 Å². The molecule has 4 nitrogen and oxygen atoms in total. The Morgan fingerprint density at radius 2 is 1.56 bits per heavy atom. The van der Waals surface area contributed by atoms with E-state index in [1.807, 2.05) is 0 Å². The molecule has 0 bridgehead atoms. The lowest BCUT2D eigenvalue weighted by Gasteiger charge is -2.09. The van der Waals surface area contributed by atoms with E-state index < -0.39 is 11.9 Å². The van der Waals surface area contributed by atoms with Crippen molar-refractivity contribution < 1.29 is 19.1 Å². The summed E-state index contributed by atoms with van der Waals surface area (Å²) in [6.07, 6.45) is 0. The highest BCUT2D eigenvalue weighted by molar-refractivity contribution is 9.10. The Hall–Kier alpha value is -1.07. The zero-order valence-corrected chi connectivity index (χ0v) is 12.3. The van der Waals surface area contributed by atoms with Crippen molar-refractivity contribution in [2.75, 3.05) is 13.2 Å². The van der Waals surface area contributed by atoms with Crippen molar-refractivity contribution in [2.24, 2.45) is 0 Å². The maximum atomic E-state index is 11.7. The smallest absolute Gasteiger partial charge is 0.339 e. The lowest BCUT2D eigenvalue weighted by atomic mass is 10.1. The van der Waals surface area contributed by atoms with E-state index in [4.69, 9.17) is 21.1 Å². The van der Waals surface area contributed by atoms with Gasteiger partial charge in [-0.3, -0.25) is 0 Å². The molecule has 0 aliphatic heterocycles. The average molecular weight is 336 g/mol. The summed E-state index contributed by atoms with van der Waals surface area (Å²) in [4.78, 5) is 23.5. The second kappa shape index (κ2) is 6.75. The summed E-state index contributed by atoms with van der Waals surface area (Å²) < 4.78 is 10.3. The summed E-state index contributed by atoms with van der Waals surface area (Å²) in [6, 6.07) is 2.84. The number of carbonyl (C=O) groups is 2. The highest BCUT2D eigenvalue weighted by Gasteiger charge is 2.21. The SMILES string of the molecule is CCOC(=O)c1cc(Cl)c(Br)cc1C(=O)OCC. The fourth-order valence-corrected chi connectivity index (χ4v) is 1.81. The van der Waals surface area contributed by atoms with Crippen molar-refractivity contribution in [1.82, 2.24) is 0 Å². The Labute approximate surface area is 118 Å². The molecular formula is C12H12BrClO4. The fourth-order valence-electron chi connectivity index (χ4n) is 1.30. The maximum Gasteiger partial charge on any atom is 0.339 e. The number of esters is 2. The monoisotopic (exact) mass is 334 g/mol. The zero-order valence-electron chi connectivity index (χ0n) is 9.96. The number of hydrogen-bond donors (Lipinski definition) is 0. The van der Waals surface area contributed by atoms with Crippen molar-refractivity contribution in [2.45, 2.75) is 13.8 Å². The van der Waals surface area contributed by atoms with Gasteiger partial charge in [0.1, 0.15) is 0 Å². The van der Waals surface area contributed by atoms with Crippen molar-refractivity contribution in [3.05, 3.63) is 32.8 Å². The molecule has 0 fully saturated rings. The molecule has 1 aromatic carbocycles. The number of carbonyl (C=O) groups excluding carboxylic acids is 2. The highest BCUT2D eigenvalue weighted by Crippen LogP contribution is 2.27. The number of halogens is 2. The lowest BCUT2D eigenvalue weighted by Crippen LogP contribution is -2.14. The van der Waals surface area contributed by atoms with E-state index in [1.54, 1.807) is 13.8 Å². The minimum absolute atomic E-state index is 0.100. The van der Waals surface area contributed by atoms with Crippen molar-refractivity contribution in [3.8, 4) is 0 Å². The molecule has 0 saturated carbocycles. The van der Waals surface area contributed by atoms with Crippen LogP contribution in [-0.4, -0.2) is 25.2 Å². The number of rotatable bonds is 4. The molecule has 0 radical (unpaired) electrons. The first-order chi connectivity index (χ1) is 8.51. The fraction of sp³-hybridized carbons (Fsp3) is 0.333. The van der Waals surface area contributed by atoms with Crippen LogP contribution in [0.5, 0.6) is 0 Å². The normalized spacial score (nSPS) is 10.0. The van der Waals surface area contributed by atoms with E-state index >= 15 is 0 Å². The molecule has 1 aromatic rings. The summed E-state index contributed by atoms with van der Waals surface area (Å²) >= 11 is 9.10. The third-order valence-electron chi connectivity index (χ3n) is 2.05. The maximum absolute atomic E-state index is 11.7. The van der Waals surface area contributed by atoms with Gasteiger partial charge in [-0.2, -0.15) is 0 Å². The van der Waals surface area contributed by atoms with Gasteiger partial charge in [0.2, 0.25) is 0 Å². The van der Waals surface area contributed by atoms with Gasteiger partial charge in [0.15, 0.2) is 0 Å². The standard InChI is InChI=1S/C12H12BrClO4/c1-3-17-11(15)7-5-9(13)10(14)6-8(7)12(16)18-4-2/h5-6H,3-4H2,1-2H3. The minimum Gasteiger partial charge on any atom is -0.462 e. The van der Waals surface area contributed by atoms with Crippen LogP contribution in [0.4, 0.5) is 0 Å². The Kier molecular flexibility index (Phi) is 5.62. The molecule has 0 heterocycles. The van der Waals surface area contributed by atoms with Crippen molar-refractivity contribution in [1.29, 1.82) is 0 Å². The first-order valence-electron chi connectivity index (χ1n) is 5.34. The molecule has 18 heavy (non-hydrogen) atoms. The summed E-state index contributed by atoms with van der Waals surface area (Å²) in [7, 11) is 0. The Morgan fingerprint density at radius 3 is 2.00 bits per heavy atom. The van der Waals surface area contributed by atoms with Crippen LogP contribution in [0.1, 0.15) is 34.6 Å². The Morgan fingerprint density at radius 1 is 1.11 bits per heavy atom. The minimum atomic E-state index is -0.602. The molecule has 98 valence electrons. The predicted octanol–water partition coefficient (Wildman–Crippen LogP) is 3.46. The second-order valence-electron chi connectivity index (χ2n) is 3.25. The van der Waals surface area contributed by atoms with E-state index in [1.165, 1.54) is 12.1 Å². The molecule has 0 aliphatic rings. The predicted molar refractivity (Wildman–Crippen MR) is 71.1 cm³/mol. The largest absolute Gasteiger partial charge is 0.462 e. The van der Waals surface area contributed by atoms with Gasteiger partial charge in [0.05, 0.1) is 29.4 Å². The first-order valence-corrected chi connectivity index (χ1v) is 6.51. The molecular weight excluding hydrogens is 323 g/mol. The molecule has 6 heteroatoms. The molecule has 0 saturated heterocycles.